The van der Waals surface area contributed by atoms with Gasteiger partial charge in [-0.1, -0.05) is 20.8 Å². The summed E-state index contributed by atoms with van der Waals surface area (Å²) in [6, 6.07) is 1.86. The lowest BCUT2D eigenvalue weighted by molar-refractivity contribution is 0.0766. The van der Waals surface area contributed by atoms with Crippen molar-refractivity contribution >= 4 is 5.91 Å². The fraction of sp³-hybridized carbons (Fsp3) is 0.538. The summed E-state index contributed by atoms with van der Waals surface area (Å²) in [5.74, 6) is -0.113. The van der Waals surface area contributed by atoms with Gasteiger partial charge < -0.3 is 10.0 Å². The highest BCUT2D eigenvalue weighted by molar-refractivity contribution is 5.93. The maximum absolute atomic E-state index is 12.0. The molecule has 1 aromatic heterocycles. The van der Waals surface area contributed by atoms with Gasteiger partial charge in [0.25, 0.3) is 5.91 Å². The van der Waals surface area contributed by atoms with Crippen LogP contribution in [-0.4, -0.2) is 41.1 Å². The molecule has 0 spiro atoms. The molecule has 0 aliphatic heterocycles. The van der Waals surface area contributed by atoms with Crippen LogP contribution in [0.25, 0.3) is 0 Å². The first kappa shape index (κ1) is 13.6. The first-order valence-corrected chi connectivity index (χ1v) is 5.68. The van der Waals surface area contributed by atoms with Crippen LogP contribution < -0.4 is 0 Å². The molecular weight excluding hydrogens is 216 g/mol. The zero-order chi connectivity index (χ0) is 13.1. The second-order valence-electron chi connectivity index (χ2n) is 5.16. The van der Waals surface area contributed by atoms with Gasteiger partial charge in [0.05, 0.1) is 12.2 Å². The van der Waals surface area contributed by atoms with Crippen LogP contribution in [0.2, 0.25) is 0 Å². The number of nitrogens with zero attached hydrogens (tertiary/aromatic N) is 2. The zero-order valence-corrected chi connectivity index (χ0v) is 10.9. The molecule has 1 rings (SSSR count). The van der Waals surface area contributed by atoms with Crippen LogP contribution in [0.1, 0.15) is 36.7 Å². The minimum Gasteiger partial charge on any atom is -0.395 e. The summed E-state index contributed by atoms with van der Waals surface area (Å²) in [4.78, 5) is 17.6. The van der Waals surface area contributed by atoms with Crippen LogP contribution in [0, 0.1) is 0 Å². The molecule has 0 unspecified atom stereocenters. The number of carbonyl (C=O) groups is 1. The summed E-state index contributed by atoms with van der Waals surface area (Å²) in [5.41, 5.74) is 1.56. The lowest BCUT2D eigenvalue weighted by Gasteiger charge is -2.20. The van der Waals surface area contributed by atoms with Gasteiger partial charge in [0.1, 0.15) is 0 Å². The van der Waals surface area contributed by atoms with Gasteiger partial charge in [0.15, 0.2) is 0 Å². The minimum absolute atomic E-state index is 0.0289. The number of hydrogen-bond acceptors (Lipinski definition) is 3. The highest BCUT2D eigenvalue weighted by atomic mass is 16.3. The molecule has 0 aliphatic rings. The van der Waals surface area contributed by atoms with Gasteiger partial charge >= 0.3 is 0 Å². The van der Waals surface area contributed by atoms with Crippen LogP contribution in [0.15, 0.2) is 18.5 Å². The molecule has 4 nitrogen and oxygen atoms in total. The molecule has 0 aromatic carbocycles. The first-order chi connectivity index (χ1) is 7.86. The largest absolute Gasteiger partial charge is 0.395 e. The Morgan fingerprint density at radius 1 is 1.41 bits per heavy atom. The van der Waals surface area contributed by atoms with Crippen LogP contribution in [0.4, 0.5) is 0 Å². The predicted molar refractivity (Wildman–Crippen MR) is 67.0 cm³/mol. The number of aliphatic hydroxyl groups excluding tert-OH is 1. The molecule has 4 heteroatoms. The topological polar surface area (TPSA) is 53.4 Å². The number of pyridine rings is 1. The van der Waals surface area contributed by atoms with Crippen molar-refractivity contribution in [2.45, 2.75) is 26.2 Å². The molecule has 0 fully saturated rings. The van der Waals surface area contributed by atoms with Crippen molar-refractivity contribution in [1.29, 1.82) is 0 Å². The maximum Gasteiger partial charge on any atom is 0.255 e. The lowest BCUT2D eigenvalue weighted by Crippen LogP contribution is -2.29. The number of likely N-dealkylation sites (N-methyl/N-ethyl adjacent to an activating group) is 1. The lowest BCUT2D eigenvalue weighted by atomic mass is 9.87. The molecule has 0 aliphatic carbocycles. The summed E-state index contributed by atoms with van der Waals surface area (Å²) in [6.07, 6.45) is 3.34. The van der Waals surface area contributed by atoms with Crippen LogP contribution in [0.3, 0.4) is 0 Å². The average Bonchev–Trinajstić information content (AvgIpc) is 2.27. The van der Waals surface area contributed by atoms with E-state index in [0.29, 0.717) is 12.1 Å². The summed E-state index contributed by atoms with van der Waals surface area (Å²) in [5, 5.41) is 8.81. The molecule has 1 aromatic rings. The number of carbonyl (C=O) groups excluding carboxylic acids is 1. The quantitative estimate of drug-likeness (QED) is 0.864. The molecular formula is C13H20N2O2. The third-order valence-corrected chi connectivity index (χ3v) is 2.63. The average molecular weight is 236 g/mol. The fourth-order valence-corrected chi connectivity index (χ4v) is 1.44. The van der Waals surface area contributed by atoms with E-state index in [1.165, 1.54) is 4.90 Å². The summed E-state index contributed by atoms with van der Waals surface area (Å²) < 4.78 is 0. The first-order valence-electron chi connectivity index (χ1n) is 5.68. The van der Waals surface area contributed by atoms with E-state index in [9.17, 15) is 4.79 Å². The third kappa shape index (κ3) is 3.53. The zero-order valence-electron chi connectivity index (χ0n) is 10.9. The van der Waals surface area contributed by atoms with Crippen LogP contribution in [0.5, 0.6) is 0 Å². The molecule has 0 saturated carbocycles. The molecule has 1 heterocycles. The Hall–Kier alpha value is -1.42. The predicted octanol–water partition coefficient (Wildman–Crippen LogP) is 1.44. The number of amides is 1. The van der Waals surface area contributed by atoms with E-state index >= 15 is 0 Å². The number of aliphatic hydroxyl groups is 1. The van der Waals surface area contributed by atoms with Crippen LogP contribution >= 0.6 is 0 Å². The second kappa shape index (κ2) is 5.27. The van der Waals surface area contributed by atoms with Gasteiger partial charge in [-0.05, 0) is 17.0 Å². The Morgan fingerprint density at radius 2 is 2.06 bits per heavy atom. The van der Waals surface area contributed by atoms with E-state index in [4.69, 9.17) is 5.11 Å². The van der Waals surface area contributed by atoms with Crippen molar-refractivity contribution in [3.05, 3.63) is 29.6 Å². The Kier molecular flexibility index (Phi) is 4.23. The molecule has 0 bridgehead atoms. The van der Waals surface area contributed by atoms with E-state index in [2.05, 4.69) is 25.8 Å². The van der Waals surface area contributed by atoms with Crippen molar-refractivity contribution < 1.29 is 9.90 Å². The fourth-order valence-electron chi connectivity index (χ4n) is 1.44. The van der Waals surface area contributed by atoms with Gasteiger partial charge in [0, 0.05) is 26.0 Å². The maximum atomic E-state index is 12.0. The van der Waals surface area contributed by atoms with Gasteiger partial charge in [-0.25, -0.2) is 0 Å². The molecule has 1 amide bonds. The van der Waals surface area contributed by atoms with Gasteiger partial charge in [-0.3, -0.25) is 9.78 Å². The van der Waals surface area contributed by atoms with Gasteiger partial charge in [-0.2, -0.15) is 0 Å². The molecule has 0 saturated heterocycles. The van der Waals surface area contributed by atoms with E-state index in [-0.39, 0.29) is 17.9 Å². The standard InChI is InChI=1S/C13H20N2O2/c1-13(2,3)11-7-10(8-14-9-11)12(17)15(4)5-6-16/h7-9,16H,5-6H2,1-4H3. The van der Waals surface area contributed by atoms with Crippen molar-refractivity contribution in [1.82, 2.24) is 9.88 Å². The van der Waals surface area contributed by atoms with E-state index < -0.39 is 0 Å². The highest BCUT2D eigenvalue weighted by Gasteiger charge is 2.17. The van der Waals surface area contributed by atoms with Crippen molar-refractivity contribution in [3.63, 3.8) is 0 Å². The molecule has 0 atom stereocenters. The second-order valence-corrected chi connectivity index (χ2v) is 5.16. The smallest absolute Gasteiger partial charge is 0.255 e. The van der Waals surface area contributed by atoms with E-state index in [1.54, 1.807) is 19.4 Å². The highest BCUT2D eigenvalue weighted by Crippen LogP contribution is 2.22. The van der Waals surface area contributed by atoms with E-state index in [1.807, 2.05) is 6.07 Å². The molecule has 94 valence electrons. The number of aromatic nitrogens is 1. The summed E-state index contributed by atoms with van der Waals surface area (Å²) in [7, 11) is 1.67. The normalized spacial score (nSPS) is 11.4. The Bertz CT molecular complexity index is 397. The Balaban J connectivity index is 2.96. The molecule has 1 N–H and O–H groups in total. The third-order valence-electron chi connectivity index (χ3n) is 2.63. The number of hydrogen-bond donors (Lipinski definition) is 1. The van der Waals surface area contributed by atoms with Crippen molar-refractivity contribution in [2.24, 2.45) is 0 Å². The summed E-state index contributed by atoms with van der Waals surface area (Å²) in [6.45, 7) is 6.54. The Labute approximate surface area is 102 Å². The van der Waals surface area contributed by atoms with Gasteiger partial charge in [0.2, 0.25) is 0 Å². The van der Waals surface area contributed by atoms with Crippen molar-refractivity contribution in [2.75, 3.05) is 20.2 Å². The SMILES string of the molecule is CN(CCO)C(=O)c1cncc(C(C)(C)C)c1. The van der Waals surface area contributed by atoms with Gasteiger partial charge in [-0.15, -0.1) is 0 Å². The molecule has 0 radical (unpaired) electrons. The van der Waals surface area contributed by atoms with Crippen molar-refractivity contribution in [3.8, 4) is 0 Å². The number of rotatable bonds is 3. The molecule has 17 heavy (non-hydrogen) atoms. The van der Waals surface area contributed by atoms with Crippen LogP contribution in [-0.2, 0) is 5.41 Å². The minimum atomic E-state index is -0.113. The van der Waals surface area contributed by atoms with E-state index in [0.717, 1.165) is 5.56 Å². The monoisotopic (exact) mass is 236 g/mol. The Morgan fingerprint density at radius 3 is 2.59 bits per heavy atom. The summed E-state index contributed by atoms with van der Waals surface area (Å²) >= 11 is 0.